The van der Waals surface area contributed by atoms with Gasteiger partial charge in [0, 0.05) is 11.1 Å². The second-order valence-electron chi connectivity index (χ2n) is 4.33. The van der Waals surface area contributed by atoms with Crippen molar-refractivity contribution in [2.24, 2.45) is 0 Å². The molecule has 0 atom stereocenters. The number of rotatable bonds is 0. The highest BCUT2D eigenvalue weighted by Crippen LogP contribution is 2.28. The van der Waals surface area contributed by atoms with E-state index in [2.05, 4.69) is 21.9 Å². The van der Waals surface area contributed by atoms with E-state index in [4.69, 9.17) is 0 Å². The predicted molar refractivity (Wildman–Crippen MR) is 59.9 cm³/mol. The number of aromatic nitrogens is 3. The Kier molecular flexibility index (Phi) is 1.97. The van der Waals surface area contributed by atoms with Crippen LogP contribution in [0.4, 0.5) is 0 Å². The molecule has 3 nitrogen and oxygen atoms in total. The van der Waals surface area contributed by atoms with Crippen molar-refractivity contribution in [2.75, 3.05) is 0 Å². The molecular formula is C12H15N3. The van der Waals surface area contributed by atoms with Crippen LogP contribution in [0.25, 0.3) is 11.0 Å². The molecule has 15 heavy (non-hydrogen) atoms. The highest BCUT2D eigenvalue weighted by atomic mass is 14.9. The van der Waals surface area contributed by atoms with Gasteiger partial charge in [-0.1, -0.05) is 6.42 Å². The van der Waals surface area contributed by atoms with E-state index in [-0.39, 0.29) is 0 Å². The molecule has 1 aliphatic rings. The fourth-order valence-electron chi connectivity index (χ4n) is 2.57. The van der Waals surface area contributed by atoms with Gasteiger partial charge in [0.15, 0.2) is 0 Å². The first kappa shape index (κ1) is 8.89. The van der Waals surface area contributed by atoms with Gasteiger partial charge in [0.1, 0.15) is 12.0 Å². The van der Waals surface area contributed by atoms with Crippen molar-refractivity contribution in [1.29, 1.82) is 0 Å². The van der Waals surface area contributed by atoms with Crippen LogP contribution in [0.15, 0.2) is 6.33 Å². The zero-order valence-electron chi connectivity index (χ0n) is 9.01. The Hall–Kier alpha value is -1.38. The van der Waals surface area contributed by atoms with E-state index in [1.165, 1.54) is 48.7 Å². The molecule has 0 spiro atoms. The van der Waals surface area contributed by atoms with Crippen LogP contribution in [0.2, 0.25) is 0 Å². The lowest BCUT2D eigenvalue weighted by Gasteiger charge is -1.99. The summed E-state index contributed by atoms with van der Waals surface area (Å²) in [5.74, 6) is 0. The van der Waals surface area contributed by atoms with Gasteiger partial charge in [-0.2, -0.15) is 0 Å². The zero-order valence-corrected chi connectivity index (χ0v) is 9.01. The summed E-state index contributed by atoms with van der Waals surface area (Å²) >= 11 is 0. The zero-order chi connectivity index (χ0) is 10.3. The molecule has 3 heteroatoms. The molecule has 1 aliphatic carbocycles. The van der Waals surface area contributed by atoms with Gasteiger partial charge in [0.2, 0.25) is 0 Å². The first-order valence-electron chi connectivity index (χ1n) is 5.67. The second kappa shape index (κ2) is 3.33. The Labute approximate surface area is 88.9 Å². The van der Waals surface area contributed by atoms with Crippen LogP contribution in [-0.2, 0) is 12.8 Å². The van der Waals surface area contributed by atoms with E-state index in [1.807, 2.05) is 0 Å². The van der Waals surface area contributed by atoms with E-state index in [0.29, 0.717) is 0 Å². The third-order valence-electron chi connectivity index (χ3n) is 3.33. The molecule has 0 radical (unpaired) electrons. The van der Waals surface area contributed by atoms with Gasteiger partial charge in [0.05, 0.1) is 5.69 Å². The Morgan fingerprint density at radius 3 is 2.93 bits per heavy atom. The van der Waals surface area contributed by atoms with Gasteiger partial charge >= 0.3 is 0 Å². The molecule has 2 heterocycles. The fourth-order valence-corrected chi connectivity index (χ4v) is 2.57. The molecular weight excluding hydrogens is 186 g/mol. The lowest BCUT2D eigenvalue weighted by atomic mass is 10.1. The van der Waals surface area contributed by atoms with Crippen LogP contribution in [0.5, 0.6) is 0 Å². The highest BCUT2D eigenvalue weighted by molar-refractivity contribution is 5.83. The van der Waals surface area contributed by atoms with Crippen LogP contribution in [0, 0.1) is 6.92 Å². The van der Waals surface area contributed by atoms with E-state index in [0.717, 1.165) is 11.3 Å². The molecule has 0 aromatic carbocycles. The summed E-state index contributed by atoms with van der Waals surface area (Å²) in [5, 5.41) is 1.27. The van der Waals surface area contributed by atoms with E-state index >= 15 is 0 Å². The molecule has 78 valence electrons. The van der Waals surface area contributed by atoms with Gasteiger partial charge in [-0.3, -0.25) is 0 Å². The summed E-state index contributed by atoms with van der Waals surface area (Å²) in [6.07, 6.45) is 7.94. The largest absolute Gasteiger partial charge is 0.343 e. The van der Waals surface area contributed by atoms with E-state index in [9.17, 15) is 0 Å². The van der Waals surface area contributed by atoms with Crippen LogP contribution in [0.1, 0.15) is 36.2 Å². The van der Waals surface area contributed by atoms with Crippen molar-refractivity contribution in [1.82, 2.24) is 15.0 Å². The minimum Gasteiger partial charge on any atom is -0.343 e. The quantitative estimate of drug-likeness (QED) is 0.665. The molecule has 1 N–H and O–H groups in total. The molecule has 3 rings (SSSR count). The minimum atomic E-state index is 1.02. The standard InChI is InChI=1S/C12H15N3/c1-8-11-9-5-3-2-4-6-10(9)15-12(11)14-7-13-8/h7H,2-6H2,1H3,(H,13,14,15). The SMILES string of the molecule is Cc1ncnc2[nH]c3c(c12)CCCCC3. The number of fused-ring (bicyclic) bond motifs is 3. The van der Waals surface area contributed by atoms with Crippen molar-refractivity contribution < 1.29 is 0 Å². The number of nitrogens with one attached hydrogen (secondary N) is 1. The maximum atomic E-state index is 4.31. The molecule has 0 saturated heterocycles. The number of aryl methyl sites for hydroxylation is 3. The van der Waals surface area contributed by atoms with Crippen molar-refractivity contribution in [2.45, 2.75) is 39.0 Å². The van der Waals surface area contributed by atoms with Crippen LogP contribution in [0.3, 0.4) is 0 Å². The maximum absolute atomic E-state index is 4.31. The summed E-state index contributed by atoms with van der Waals surface area (Å²) in [7, 11) is 0. The van der Waals surface area contributed by atoms with Crippen LogP contribution in [-0.4, -0.2) is 15.0 Å². The molecule has 0 bridgehead atoms. The lowest BCUT2D eigenvalue weighted by Crippen LogP contribution is -1.89. The van der Waals surface area contributed by atoms with Crippen LogP contribution >= 0.6 is 0 Å². The summed E-state index contributed by atoms with van der Waals surface area (Å²) < 4.78 is 0. The van der Waals surface area contributed by atoms with Gasteiger partial charge in [-0.05, 0) is 38.2 Å². The monoisotopic (exact) mass is 201 g/mol. The van der Waals surface area contributed by atoms with Crippen molar-refractivity contribution in [3.8, 4) is 0 Å². The highest BCUT2D eigenvalue weighted by Gasteiger charge is 2.16. The summed E-state index contributed by atoms with van der Waals surface area (Å²) in [6, 6.07) is 0. The molecule has 0 unspecified atom stereocenters. The molecule has 0 fully saturated rings. The van der Waals surface area contributed by atoms with E-state index < -0.39 is 0 Å². The van der Waals surface area contributed by atoms with Crippen molar-refractivity contribution >= 4 is 11.0 Å². The minimum absolute atomic E-state index is 1.02. The summed E-state index contributed by atoms with van der Waals surface area (Å²) in [5.41, 5.74) is 5.00. The number of nitrogens with zero attached hydrogens (tertiary/aromatic N) is 2. The third-order valence-corrected chi connectivity index (χ3v) is 3.33. The summed E-state index contributed by atoms with van der Waals surface area (Å²) in [6.45, 7) is 2.07. The van der Waals surface area contributed by atoms with Gasteiger partial charge in [-0.15, -0.1) is 0 Å². The summed E-state index contributed by atoms with van der Waals surface area (Å²) in [4.78, 5) is 12.0. The molecule has 0 aliphatic heterocycles. The van der Waals surface area contributed by atoms with Crippen molar-refractivity contribution in [3.63, 3.8) is 0 Å². The van der Waals surface area contributed by atoms with Gasteiger partial charge < -0.3 is 4.98 Å². The Bertz CT molecular complexity index is 499. The smallest absolute Gasteiger partial charge is 0.141 e. The van der Waals surface area contributed by atoms with E-state index in [1.54, 1.807) is 6.33 Å². The number of H-pyrrole nitrogens is 1. The Morgan fingerprint density at radius 1 is 1.13 bits per heavy atom. The maximum Gasteiger partial charge on any atom is 0.141 e. The second-order valence-corrected chi connectivity index (χ2v) is 4.33. The molecule has 2 aromatic rings. The fraction of sp³-hybridized carbons (Fsp3) is 0.500. The van der Waals surface area contributed by atoms with Gasteiger partial charge in [-0.25, -0.2) is 9.97 Å². The topological polar surface area (TPSA) is 41.6 Å². The predicted octanol–water partition coefficient (Wildman–Crippen LogP) is 2.54. The molecule has 0 saturated carbocycles. The Morgan fingerprint density at radius 2 is 2.00 bits per heavy atom. The normalized spacial score (nSPS) is 16.3. The number of aromatic amines is 1. The Balaban J connectivity index is 2.29. The van der Waals surface area contributed by atoms with Crippen LogP contribution < -0.4 is 0 Å². The average Bonchev–Trinajstić information content (AvgIpc) is 2.43. The first-order valence-corrected chi connectivity index (χ1v) is 5.67. The third kappa shape index (κ3) is 1.34. The number of hydrogen-bond acceptors (Lipinski definition) is 2. The van der Waals surface area contributed by atoms with Gasteiger partial charge in [0.25, 0.3) is 0 Å². The van der Waals surface area contributed by atoms with Crippen molar-refractivity contribution in [3.05, 3.63) is 23.3 Å². The average molecular weight is 201 g/mol. The molecule has 2 aromatic heterocycles. The number of hydrogen-bond donors (Lipinski definition) is 1. The lowest BCUT2D eigenvalue weighted by molar-refractivity contribution is 0.708. The molecule has 0 amide bonds. The first-order chi connectivity index (χ1) is 7.36.